The van der Waals surface area contributed by atoms with E-state index in [1.54, 1.807) is 72.8 Å². The molecule has 230 valence electrons. The number of rotatable bonds is 12. The third-order valence-corrected chi connectivity index (χ3v) is 7.54. The highest BCUT2D eigenvalue weighted by Crippen LogP contribution is 2.27. The highest BCUT2D eigenvalue weighted by atomic mass is 35.5. The van der Waals surface area contributed by atoms with E-state index in [1.165, 1.54) is 50.3 Å². The third kappa shape index (κ3) is 9.12. The minimum absolute atomic E-state index is 0.0119. The summed E-state index contributed by atoms with van der Waals surface area (Å²) in [6.07, 6.45) is 1.50. The lowest BCUT2D eigenvalue weighted by molar-refractivity contribution is -0.114. The standard InChI is InChI=1S/C33H28ClN3O7S/c1-43-24-13-11-21(29(18-24)44-2)15-28(37-31(39)20-7-4-3-5-8-20)32(40)36-22-9-6-10-25(16-22)45-19-30(38)35-23-12-14-27(34)26(17-23)33(41)42/h3-18H,19H2,1-2H3,(H,35,38)(H,36,40)(H,37,39)(H,41,42)/b28-15+. The monoisotopic (exact) mass is 645 g/mol. The lowest BCUT2D eigenvalue weighted by atomic mass is 10.1. The van der Waals surface area contributed by atoms with E-state index in [-0.39, 0.29) is 27.9 Å². The number of carboxylic acid groups (broad SMARTS) is 1. The van der Waals surface area contributed by atoms with Crippen LogP contribution in [0.2, 0.25) is 5.02 Å². The van der Waals surface area contributed by atoms with Gasteiger partial charge in [0, 0.05) is 33.5 Å². The molecule has 0 aliphatic carbocycles. The molecule has 4 aromatic rings. The average molecular weight is 646 g/mol. The summed E-state index contributed by atoms with van der Waals surface area (Å²) in [5, 5.41) is 17.5. The first-order valence-electron chi connectivity index (χ1n) is 13.3. The number of thioether (sulfide) groups is 1. The van der Waals surface area contributed by atoms with Gasteiger partial charge in [-0.2, -0.15) is 0 Å². The molecule has 0 heterocycles. The number of carbonyl (C=O) groups excluding carboxylic acids is 3. The van der Waals surface area contributed by atoms with E-state index in [2.05, 4.69) is 16.0 Å². The lowest BCUT2D eigenvalue weighted by Crippen LogP contribution is -2.30. The number of aromatic carboxylic acids is 1. The molecule has 45 heavy (non-hydrogen) atoms. The number of ether oxygens (including phenoxy) is 2. The van der Waals surface area contributed by atoms with Crippen LogP contribution in [0.5, 0.6) is 11.5 Å². The Balaban J connectivity index is 1.49. The Bertz CT molecular complexity index is 1760. The van der Waals surface area contributed by atoms with E-state index in [1.807, 2.05) is 0 Å². The van der Waals surface area contributed by atoms with Gasteiger partial charge in [-0.25, -0.2) is 4.79 Å². The minimum Gasteiger partial charge on any atom is -0.497 e. The molecule has 0 radical (unpaired) electrons. The number of amides is 3. The van der Waals surface area contributed by atoms with Crippen LogP contribution in [-0.2, 0) is 9.59 Å². The van der Waals surface area contributed by atoms with Crippen molar-refractivity contribution in [2.45, 2.75) is 4.90 Å². The number of carbonyl (C=O) groups is 4. The highest BCUT2D eigenvalue weighted by molar-refractivity contribution is 8.00. The second-order valence-electron chi connectivity index (χ2n) is 9.30. The van der Waals surface area contributed by atoms with Gasteiger partial charge < -0.3 is 30.5 Å². The molecule has 0 saturated heterocycles. The van der Waals surface area contributed by atoms with Crippen molar-refractivity contribution in [1.29, 1.82) is 0 Å². The van der Waals surface area contributed by atoms with Crippen molar-refractivity contribution in [3.63, 3.8) is 0 Å². The molecular formula is C33H28ClN3O7S. The van der Waals surface area contributed by atoms with Gasteiger partial charge in [0.05, 0.1) is 30.6 Å². The quantitative estimate of drug-likeness (QED) is 0.105. The third-order valence-electron chi connectivity index (χ3n) is 6.21. The lowest BCUT2D eigenvalue weighted by Gasteiger charge is -2.13. The average Bonchev–Trinajstić information content (AvgIpc) is 3.04. The maximum Gasteiger partial charge on any atom is 0.337 e. The highest BCUT2D eigenvalue weighted by Gasteiger charge is 2.17. The fourth-order valence-corrected chi connectivity index (χ4v) is 4.96. The SMILES string of the molecule is COc1ccc(/C=C(/NC(=O)c2ccccc2)C(=O)Nc2cccc(SCC(=O)Nc3ccc(Cl)c(C(=O)O)c3)c2)c(OC)c1. The summed E-state index contributed by atoms with van der Waals surface area (Å²) in [6, 6.07) is 24.6. The molecule has 0 unspecified atom stereocenters. The van der Waals surface area contributed by atoms with Crippen molar-refractivity contribution >= 4 is 64.5 Å². The molecule has 0 saturated carbocycles. The fourth-order valence-electron chi connectivity index (χ4n) is 4.01. The molecule has 0 bridgehead atoms. The van der Waals surface area contributed by atoms with Gasteiger partial charge in [-0.05, 0) is 66.7 Å². The summed E-state index contributed by atoms with van der Waals surface area (Å²) in [6.45, 7) is 0. The van der Waals surface area contributed by atoms with Crippen LogP contribution in [0.15, 0.2) is 102 Å². The minimum atomic E-state index is -1.20. The van der Waals surface area contributed by atoms with Crippen LogP contribution < -0.4 is 25.4 Å². The number of hydrogen-bond donors (Lipinski definition) is 4. The number of nitrogens with one attached hydrogen (secondary N) is 3. The van der Waals surface area contributed by atoms with Gasteiger partial charge in [0.1, 0.15) is 17.2 Å². The zero-order chi connectivity index (χ0) is 32.3. The van der Waals surface area contributed by atoms with Gasteiger partial charge in [-0.1, -0.05) is 35.9 Å². The molecule has 10 nitrogen and oxygen atoms in total. The Labute approximate surface area is 268 Å². The van der Waals surface area contributed by atoms with Gasteiger partial charge in [0.2, 0.25) is 5.91 Å². The molecule has 0 spiro atoms. The maximum absolute atomic E-state index is 13.5. The molecule has 12 heteroatoms. The van der Waals surface area contributed by atoms with E-state index in [0.717, 1.165) is 0 Å². The van der Waals surface area contributed by atoms with Crippen LogP contribution in [0.25, 0.3) is 6.08 Å². The fraction of sp³-hybridized carbons (Fsp3) is 0.0909. The van der Waals surface area contributed by atoms with Crippen LogP contribution >= 0.6 is 23.4 Å². The molecule has 4 rings (SSSR count). The van der Waals surface area contributed by atoms with Crippen molar-refractivity contribution in [2.24, 2.45) is 0 Å². The zero-order valence-corrected chi connectivity index (χ0v) is 25.7. The first-order chi connectivity index (χ1) is 21.7. The van der Waals surface area contributed by atoms with Crippen molar-refractivity contribution in [3.8, 4) is 11.5 Å². The van der Waals surface area contributed by atoms with Gasteiger partial charge in [-0.3, -0.25) is 14.4 Å². The number of methoxy groups -OCH3 is 2. The predicted molar refractivity (Wildman–Crippen MR) is 174 cm³/mol. The van der Waals surface area contributed by atoms with E-state index >= 15 is 0 Å². The van der Waals surface area contributed by atoms with Gasteiger partial charge in [0.15, 0.2) is 0 Å². The van der Waals surface area contributed by atoms with Crippen molar-refractivity contribution in [1.82, 2.24) is 5.32 Å². The van der Waals surface area contributed by atoms with E-state index < -0.39 is 17.8 Å². The molecule has 0 atom stereocenters. The van der Waals surface area contributed by atoms with E-state index in [9.17, 15) is 24.3 Å². The predicted octanol–water partition coefficient (Wildman–Crippen LogP) is 6.20. The van der Waals surface area contributed by atoms with Gasteiger partial charge in [-0.15, -0.1) is 11.8 Å². The molecule has 4 aromatic carbocycles. The summed E-state index contributed by atoms with van der Waals surface area (Å²) in [5.41, 5.74) is 1.47. The first kappa shape index (κ1) is 32.6. The summed E-state index contributed by atoms with van der Waals surface area (Å²) >= 11 is 7.11. The smallest absolute Gasteiger partial charge is 0.337 e. The normalized spacial score (nSPS) is 10.9. The number of hydrogen-bond acceptors (Lipinski definition) is 7. The van der Waals surface area contributed by atoms with Crippen LogP contribution in [0.1, 0.15) is 26.3 Å². The Morgan fingerprint density at radius 3 is 2.31 bits per heavy atom. The van der Waals surface area contributed by atoms with Crippen LogP contribution in [0.4, 0.5) is 11.4 Å². The van der Waals surface area contributed by atoms with Crippen LogP contribution in [0.3, 0.4) is 0 Å². The summed E-state index contributed by atoms with van der Waals surface area (Å²) in [4.78, 5) is 51.0. The number of benzene rings is 4. The molecule has 0 aromatic heterocycles. The van der Waals surface area contributed by atoms with Crippen molar-refractivity contribution in [3.05, 3.63) is 118 Å². The van der Waals surface area contributed by atoms with Crippen LogP contribution in [0, 0.1) is 0 Å². The van der Waals surface area contributed by atoms with Crippen molar-refractivity contribution < 1.29 is 33.8 Å². The Morgan fingerprint density at radius 2 is 1.60 bits per heavy atom. The van der Waals surface area contributed by atoms with Gasteiger partial charge >= 0.3 is 5.97 Å². The Hall–Kier alpha value is -5.26. The number of halogens is 1. The summed E-state index contributed by atoms with van der Waals surface area (Å²) in [5.74, 6) is -1.63. The molecule has 0 aliphatic heterocycles. The van der Waals surface area contributed by atoms with Crippen molar-refractivity contribution in [2.75, 3.05) is 30.6 Å². The first-order valence-corrected chi connectivity index (χ1v) is 14.7. The van der Waals surface area contributed by atoms with Gasteiger partial charge in [0.25, 0.3) is 11.8 Å². The zero-order valence-electron chi connectivity index (χ0n) is 24.1. The van der Waals surface area contributed by atoms with Crippen LogP contribution in [-0.4, -0.2) is 48.8 Å². The largest absolute Gasteiger partial charge is 0.497 e. The second kappa shape index (κ2) is 15.5. The molecule has 0 aliphatic rings. The summed E-state index contributed by atoms with van der Waals surface area (Å²) in [7, 11) is 3.01. The topological polar surface area (TPSA) is 143 Å². The molecule has 4 N–H and O–H groups in total. The Morgan fingerprint density at radius 1 is 0.844 bits per heavy atom. The molecular weight excluding hydrogens is 618 g/mol. The Kier molecular flexibility index (Phi) is 11.2. The number of anilines is 2. The van der Waals surface area contributed by atoms with E-state index in [0.29, 0.717) is 38.9 Å². The van der Waals surface area contributed by atoms with E-state index in [4.69, 9.17) is 21.1 Å². The number of carboxylic acids is 1. The summed E-state index contributed by atoms with van der Waals surface area (Å²) < 4.78 is 10.7. The second-order valence-corrected chi connectivity index (χ2v) is 10.8. The molecule has 3 amide bonds. The maximum atomic E-state index is 13.5. The molecule has 0 fully saturated rings.